The van der Waals surface area contributed by atoms with Crippen molar-refractivity contribution < 1.29 is 19.0 Å². The van der Waals surface area contributed by atoms with Crippen LogP contribution in [0.5, 0.6) is 0 Å². The minimum Gasteiger partial charge on any atom is -0.459 e. The number of hydrogen-bond donors (Lipinski definition) is 1. The van der Waals surface area contributed by atoms with E-state index in [9.17, 15) is 14.3 Å². The van der Waals surface area contributed by atoms with Gasteiger partial charge in [-0.25, -0.2) is 9.18 Å². The summed E-state index contributed by atoms with van der Waals surface area (Å²) in [4.78, 5) is 11.7. The Kier molecular flexibility index (Phi) is 6.50. The Bertz CT molecular complexity index is 380. The largest absolute Gasteiger partial charge is 0.459 e. The summed E-state index contributed by atoms with van der Waals surface area (Å²) >= 11 is 0. The third-order valence-corrected chi connectivity index (χ3v) is 2.82. The molecule has 0 fully saturated rings. The second kappa shape index (κ2) is 7.89. The lowest BCUT2D eigenvalue weighted by molar-refractivity contribution is 0.00829. The second-order valence-corrected chi connectivity index (χ2v) is 4.61. The zero-order chi connectivity index (χ0) is 14.3. The van der Waals surface area contributed by atoms with Gasteiger partial charge in [-0.2, -0.15) is 0 Å². The van der Waals surface area contributed by atoms with E-state index in [1.165, 1.54) is 0 Å². The molecule has 0 heterocycles. The van der Waals surface area contributed by atoms with Crippen LogP contribution in [0.3, 0.4) is 0 Å². The van der Waals surface area contributed by atoms with Crippen LogP contribution in [0.15, 0.2) is 24.3 Å². The molecule has 3 nitrogen and oxygen atoms in total. The molecule has 19 heavy (non-hydrogen) atoms. The van der Waals surface area contributed by atoms with Crippen LogP contribution >= 0.6 is 0 Å². The van der Waals surface area contributed by atoms with Crippen molar-refractivity contribution in [3.63, 3.8) is 0 Å². The number of benzene rings is 1. The zero-order valence-corrected chi connectivity index (χ0v) is 11.3. The van der Waals surface area contributed by atoms with Crippen LogP contribution in [-0.2, 0) is 4.74 Å². The molecule has 105 valence electrons. The standard InChI is InChI=1S/C15H20FO3/c1-3-7-14(17)13(16)10-11(2)19-15(18)12-8-5-4-6-9-12/h5-6,8-9,11,13-14,17H,3,7,10H2,1-2H3. The van der Waals surface area contributed by atoms with Crippen LogP contribution in [0, 0.1) is 6.07 Å². The SMILES string of the molecule is CCCC(O)C(F)CC(C)OC(=O)c1cc[c]cc1. The fourth-order valence-electron chi connectivity index (χ4n) is 1.77. The van der Waals surface area contributed by atoms with Gasteiger partial charge in [-0.15, -0.1) is 0 Å². The minimum atomic E-state index is -1.37. The third kappa shape index (κ3) is 5.39. The van der Waals surface area contributed by atoms with Crippen molar-refractivity contribution in [1.82, 2.24) is 0 Å². The number of ether oxygens (including phenoxy) is 1. The number of esters is 1. The Morgan fingerprint density at radius 2 is 2.11 bits per heavy atom. The number of aliphatic hydroxyl groups is 1. The number of rotatable bonds is 7. The molecule has 4 heteroatoms. The molecule has 0 amide bonds. The first-order chi connectivity index (χ1) is 9.04. The number of carbonyl (C=O) groups excluding carboxylic acids is 1. The van der Waals surface area contributed by atoms with Gasteiger partial charge in [0.25, 0.3) is 0 Å². The molecule has 1 N–H and O–H groups in total. The molecule has 1 radical (unpaired) electrons. The first-order valence-electron chi connectivity index (χ1n) is 6.53. The average molecular weight is 267 g/mol. The van der Waals surface area contributed by atoms with E-state index < -0.39 is 24.3 Å². The monoisotopic (exact) mass is 267 g/mol. The molecule has 0 aromatic heterocycles. The Morgan fingerprint density at radius 3 is 2.68 bits per heavy atom. The molecular formula is C15H20FO3. The predicted octanol–water partition coefficient (Wildman–Crippen LogP) is 2.92. The summed E-state index contributed by atoms with van der Waals surface area (Å²) in [7, 11) is 0. The first-order valence-corrected chi connectivity index (χ1v) is 6.53. The Labute approximate surface area is 113 Å². The predicted molar refractivity (Wildman–Crippen MR) is 70.6 cm³/mol. The molecule has 0 aliphatic carbocycles. The summed E-state index contributed by atoms with van der Waals surface area (Å²) in [6, 6.07) is 9.21. The molecule has 3 atom stereocenters. The molecule has 1 aromatic rings. The Balaban J connectivity index is 2.43. The number of alkyl halides is 1. The van der Waals surface area contributed by atoms with Crippen LogP contribution in [-0.4, -0.2) is 29.5 Å². The summed E-state index contributed by atoms with van der Waals surface area (Å²) in [5.41, 5.74) is 0.412. The normalized spacial score (nSPS) is 15.6. The lowest BCUT2D eigenvalue weighted by atomic mass is 10.0. The third-order valence-electron chi connectivity index (χ3n) is 2.82. The quantitative estimate of drug-likeness (QED) is 0.773. The van der Waals surface area contributed by atoms with Gasteiger partial charge < -0.3 is 9.84 Å². The van der Waals surface area contributed by atoms with Gasteiger partial charge in [0, 0.05) is 6.42 Å². The summed E-state index contributed by atoms with van der Waals surface area (Å²) in [6.07, 6.45) is -1.79. The van der Waals surface area contributed by atoms with Crippen LogP contribution in [0.2, 0.25) is 0 Å². The number of hydrogen-bond acceptors (Lipinski definition) is 3. The summed E-state index contributed by atoms with van der Waals surface area (Å²) < 4.78 is 18.8. The summed E-state index contributed by atoms with van der Waals surface area (Å²) in [6.45, 7) is 3.50. The number of halogens is 1. The highest BCUT2D eigenvalue weighted by Crippen LogP contribution is 2.15. The topological polar surface area (TPSA) is 46.5 Å². The molecule has 1 aromatic carbocycles. The van der Waals surface area contributed by atoms with Gasteiger partial charge in [0.05, 0.1) is 11.7 Å². The molecule has 1 rings (SSSR count). The van der Waals surface area contributed by atoms with E-state index in [2.05, 4.69) is 6.07 Å². The fourth-order valence-corrected chi connectivity index (χ4v) is 1.77. The molecule has 0 saturated carbocycles. The van der Waals surface area contributed by atoms with Crippen LogP contribution in [0.4, 0.5) is 4.39 Å². The van der Waals surface area contributed by atoms with E-state index in [1.54, 1.807) is 31.2 Å². The maximum Gasteiger partial charge on any atom is 0.338 e. The van der Waals surface area contributed by atoms with Gasteiger partial charge in [0.15, 0.2) is 0 Å². The highest BCUT2D eigenvalue weighted by Gasteiger charge is 2.22. The zero-order valence-electron chi connectivity index (χ0n) is 11.3. The van der Waals surface area contributed by atoms with Crippen molar-refractivity contribution in [2.75, 3.05) is 0 Å². The van der Waals surface area contributed by atoms with E-state index in [-0.39, 0.29) is 6.42 Å². The van der Waals surface area contributed by atoms with Gasteiger partial charge in [-0.1, -0.05) is 25.5 Å². The highest BCUT2D eigenvalue weighted by atomic mass is 19.1. The maximum atomic E-state index is 13.6. The average Bonchev–Trinajstić information content (AvgIpc) is 2.39. The number of carbonyl (C=O) groups is 1. The highest BCUT2D eigenvalue weighted by molar-refractivity contribution is 5.89. The summed E-state index contributed by atoms with van der Waals surface area (Å²) in [5, 5.41) is 9.50. The Morgan fingerprint density at radius 1 is 1.47 bits per heavy atom. The second-order valence-electron chi connectivity index (χ2n) is 4.61. The van der Waals surface area contributed by atoms with Crippen LogP contribution < -0.4 is 0 Å². The van der Waals surface area contributed by atoms with E-state index in [1.807, 2.05) is 6.92 Å². The molecule has 0 bridgehead atoms. The van der Waals surface area contributed by atoms with E-state index in [0.29, 0.717) is 12.0 Å². The lowest BCUT2D eigenvalue weighted by Crippen LogP contribution is -2.27. The molecule has 0 aliphatic rings. The minimum absolute atomic E-state index is 0.00582. The van der Waals surface area contributed by atoms with Crippen molar-refractivity contribution in [2.45, 2.75) is 51.5 Å². The van der Waals surface area contributed by atoms with Crippen molar-refractivity contribution >= 4 is 5.97 Å². The first kappa shape index (κ1) is 15.6. The molecule has 0 aliphatic heterocycles. The maximum absolute atomic E-state index is 13.6. The van der Waals surface area contributed by atoms with Gasteiger partial charge in [0.1, 0.15) is 12.3 Å². The number of aliphatic hydroxyl groups excluding tert-OH is 1. The fraction of sp³-hybridized carbons (Fsp3) is 0.533. The van der Waals surface area contributed by atoms with Crippen molar-refractivity contribution in [3.05, 3.63) is 35.9 Å². The van der Waals surface area contributed by atoms with Gasteiger partial charge in [0.2, 0.25) is 0 Å². The van der Waals surface area contributed by atoms with Gasteiger partial charge in [-0.05, 0) is 31.5 Å². The van der Waals surface area contributed by atoms with Crippen LogP contribution in [0.1, 0.15) is 43.5 Å². The molecular weight excluding hydrogens is 247 g/mol. The van der Waals surface area contributed by atoms with Gasteiger partial charge in [-0.3, -0.25) is 0 Å². The molecule has 3 unspecified atom stereocenters. The van der Waals surface area contributed by atoms with E-state index in [0.717, 1.165) is 6.42 Å². The van der Waals surface area contributed by atoms with Crippen LogP contribution in [0.25, 0.3) is 0 Å². The van der Waals surface area contributed by atoms with Crippen molar-refractivity contribution in [2.24, 2.45) is 0 Å². The van der Waals surface area contributed by atoms with Gasteiger partial charge >= 0.3 is 5.97 Å². The van der Waals surface area contributed by atoms with E-state index >= 15 is 0 Å². The van der Waals surface area contributed by atoms with Crippen molar-refractivity contribution in [1.29, 1.82) is 0 Å². The smallest absolute Gasteiger partial charge is 0.338 e. The molecule has 0 saturated heterocycles. The molecule has 0 spiro atoms. The van der Waals surface area contributed by atoms with E-state index in [4.69, 9.17) is 4.74 Å². The Hall–Kier alpha value is -1.42. The van der Waals surface area contributed by atoms with Crippen molar-refractivity contribution in [3.8, 4) is 0 Å². The summed E-state index contributed by atoms with van der Waals surface area (Å²) in [5.74, 6) is -0.487. The lowest BCUT2D eigenvalue weighted by Gasteiger charge is -2.19.